The zero-order chi connectivity index (χ0) is 12.0. The fourth-order valence-corrected chi connectivity index (χ4v) is 4.61. The molecule has 0 radical (unpaired) electrons. The fourth-order valence-electron chi connectivity index (χ4n) is 4.61. The van der Waals surface area contributed by atoms with Crippen LogP contribution in [0, 0.1) is 17.8 Å². The quantitative estimate of drug-likeness (QED) is 0.467. The topological polar surface area (TPSA) is 93.5 Å². The molecule has 4 aliphatic rings. The van der Waals surface area contributed by atoms with E-state index in [0.717, 1.165) is 37.0 Å². The zero-order valence-electron chi connectivity index (χ0n) is 9.98. The van der Waals surface area contributed by atoms with Gasteiger partial charge in [0.15, 0.2) is 5.96 Å². The number of hydrogen-bond acceptors (Lipinski definition) is 2. The molecule has 4 saturated carbocycles. The predicted octanol–water partition coefficient (Wildman–Crippen LogP) is 0.938. The summed E-state index contributed by atoms with van der Waals surface area (Å²) in [6.07, 6.45) is 7.54. The first-order valence-electron chi connectivity index (χ1n) is 6.46. The number of carbonyl (C=O) groups is 1. The fraction of sp³-hybridized carbons (Fsp3) is 0.833. The number of amides is 2. The van der Waals surface area contributed by atoms with Gasteiger partial charge >= 0.3 is 6.03 Å². The van der Waals surface area contributed by atoms with E-state index in [1.165, 1.54) is 19.3 Å². The number of nitrogens with one attached hydrogen (secondary N) is 1. The summed E-state index contributed by atoms with van der Waals surface area (Å²) in [6, 6.07) is -0.629. The van der Waals surface area contributed by atoms with Crippen LogP contribution in [-0.2, 0) is 0 Å². The molecule has 4 bridgehead atoms. The van der Waals surface area contributed by atoms with Crippen LogP contribution in [0.15, 0.2) is 4.99 Å². The number of aliphatic imine (C=N–C) groups is 1. The molecule has 5 nitrogen and oxygen atoms in total. The van der Waals surface area contributed by atoms with Gasteiger partial charge in [-0.2, -0.15) is 0 Å². The first-order valence-corrected chi connectivity index (χ1v) is 6.46. The summed E-state index contributed by atoms with van der Waals surface area (Å²) < 4.78 is 0. The van der Waals surface area contributed by atoms with Crippen LogP contribution in [0.1, 0.15) is 38.5 Å². The van der Waals surface area contributed by atoms with E-state index < -0.39 is 6.03 Å². The normalized spacial score (nSPS) is 43.8. The molecule has 0 spiro atoms. The molecule has 2 amide bonds. The van der Waals surface area contributed by atoms with Crippen molar-refractivity contribution in [3.8, 4) is 0 Å². The first kappa shape index (κ1) is 10.9. The molecule has 0 saturated heterocycles. The van der Waals surface area contributed by atoms with Gasteiger partial charge in [-0.3, -0.25) is 5.32 Å². The van der Waals surface area contributed by atoms with Gasteiger partial charge in [0.05, 0.1) is 5.54 Å². The maximum Gasteiger partial charge on any atom is 0.318 e. The number of hydrogen-bond donors (Lipinski definition) is 3. The van der Waals surface area contributed by atoms with Crippen molar-refractivity contribution in [1.82, 2.24) is 5.32 Å². The molecular weight excluding hydrogens is 216 g/mol. The van der Waals surface area contributed by atoms with Crippen LogP contribution in [0.5, 0.6) is 0 Å². The molecule has 4 aliphatic carbocycles. The Morgan fingerprint density at radius 2 is 1.53 bits per heavy atom. The van der Waals surface area contributed by atoms with Gasteiger partial charge in [-0.05, 0) is 56.3 Å². The van der Waals surface area contributed by atoms with Crippen LogP contribution < -0.4 is 16.8 Å². The molecule has 5 heteroatoms. The molecule has 0 aromatic rings. The van der Waals surface area contributed by atoms with Gasteiger partial charge in [0.2, 0.25) is 0 Å². The summed E-state index contributed by atoms with van der Waals surface area (Å²) in [7, 11) is 0. The average molecular weight is 236 g/mol. The maximum atomic E-state index is 10.7. The second-order valence-electron chi connectivity index (χ2n) is 6.13. The highest BCUT2D eigenvalue weighted by atomic mass is 16.2. The maximum absolute atomic E-state index is 10.7. The number of nitrogens with two attached hydrogens (primary N) is 2. The van der Waals surface area contributed by atoms with Gasteiger partial charge in [-0.1, -0.05) is 0 Å². The van der Waals surface area contributed by atoms with Crippen LogP contribution in [0.3, 0.4) is 0 Å². The highest BCUT2D eigenvalue weighted by Gasteiger charge is 2.51. The Labute approximate surface area is 101 Å². The third-order valence-corrected chi connectivity index (χ3v) is 4.61. The Bertz CT molecular complexity index is 341. The Morgan fingerprint density at radius 3 is 1.94 bits per heavy atom. The molecular formula is C12H20N4O. The van der Waals surface area contributed by atoms with E-state index in [9.17, 15) is 4.79 Å². The van der Waals surface area contributed by atoms with Crippen molar-refractivity contribution in [2.75, 3.05) is 0 Å². The smallest absolute Gasteiger partial charge is 0.318 e. The molecule has 0 aromatic carbocycles. The van der Waals surface area contributed by atoms with Crippen LogP contribution in [0.2, 0.25) is 0 Å². The molecule has 0 unspecified atom stereocenters. The van der Waals surface area contributed by atoms with E-state index in [2.05, 4.69) is 10.3 Å². The summed E-state index contributed by atoms with van der Waals surface area (Å²) in [6.45, 7) is 0. The summed E-state index contributed by atoms with van der Waals surface area (Å²) in [5.74, 6) is 2.67. The van der Waals surface area contributed by atoms with Gasteiger partial charge in [0, 0.05) is 0 Å². The Morgan fingerprint density at radius 1 is 1.06 bits per heavy atom. The lowest BCUT2D eigenvalue weighted by Crippen LogP contribution is -2.51. The van der Waals surface area contributed by atoms with Gasteiger partial charge in [-0.15, -0.1) is 0 Å². The highest BCUT2D eigenvalue weighted by Crippen LogP contribution is 2.57. The largest absolute Gasteiger partial charge is 0.370 e. The summed E-state index contributed by atoms with van der Waals surface area (Å²) in [5.41, 5.74) is 10.8. The monoisotopic (exact) mass is 236 g/mol. The SMILES string of the molecule is NC(=O)NC(N)=NC12CC3CC(CC(C3)C1)C2. The molecule has 5 N–H and O–H groups in total. The van der Waals surface area contributed by atoms with Crippen molar-refractivity contribution < 1.29 is 4.79 Å². The number of urea groups is 1. The van der Waals surface area contributed by atoms with E-state index in [-0.39, 0.29) is 11.5 Å². The van der Waals surface area contributed by atoms with Gasteiger partial charge < -0.3 is 11.5 Å². The Hall–Kier alpha value is -1.26. The van der Waals surface area contributed by atoms with E-state index in [4.69, 9.17) is 11.5 Å². The Balaban J connectivity index is 1.80. The Kier molecular flexibility index (Phi) is 2.31. The molecule has 0 atom stereocenters. The third kappa shape index (κ3) is 1.98. The molecule has 94 valence electrons. The molecule has 4 rings (SSSR count). The lowest BCUT2D eigenvalue weighted by atomic mass is 9.53. The first-order chi connectivity index (χ1) is 8.05. The van der Waals surface area contributed by atoms with E-state index in [1.54, 1.807) is 0 Å². The van der Waals surface area contributed by atoms with Gasteiger partial charge in [0.25, 0.3) is 0 Å². The highest BCUT2D eigenvalue weighted by molar-refractivity contribution is 5.94. The zero-order valence-corrected chi connectivity index (χ0v) is 9.98. The van der Waals surface area contributed by atoms with Crippen molar-refractivity contribution in [1.29, 1.82) is 0 Å². The second kappa shape index (κ2) is 3.62. The number of guanidine groups is 1. The molecule has 0 aliphatic heterocycles. The minimum atomic E-state index is -0.629. The van der Waals surface area contributed by atoms with Crippen molar-refractivity contribution in [2.24, 2.45) is 34.2 Å². The average Bonchev–Trinajstić information content (AvgIpc) is 2.11. The molecule has 0 heterocycles. The minimum Gasteiger partial charge on any atom is -0.370 e. The lowest BCUT2D eigenvalue weighted by molar-refractivity contribution is 0.00151. The minimum absolute atomic E-state index is 0.00127. The summed E-state index contributed by atoms with van der Waals surface area (Å²) >= 11 is 0. The van der Waals surface area contributed by atoms with E-state index in [0.29, 0.717) is 0 Å². The second-order valence-corrected chi connectivity index (χ2v) is 6.13. The predicted molar refractivity (Wildman–Crippen MR) is 65.2 cm³/mol. The van der Waals surface area contributed by atoms with Crippen molar-refractivity contribution in [3.05, 3.63) is 0 Å². The molecule has 17 heavy (non-hydrogen) atoms. The lowest BCUT2D eigenvalue weighted by Gasteiger charge is -2.54. The number of nitrogens with zero attached hydrogens (tertiary/aromatic N) is 1. The number of rotatable bonds is 1. The summed E-state index contributed by atoms with van der Waals surface area (Å²) in [4.78, 5) is 15.3. The van der Waals surface area contributed by atoms with Gasteiger partial charge in [0.1, 0.15) is 0 Å². The van der Waals surface area contributed by atoms with E-state index in [1.807, 2.05) is 0 Å². The standard InChI is InChI=1S/C12H20N4O/c13-10(15-11(14)17)16-12-4-7-1-8(5-12)3-9(2-7)6-12/h7-9H,1-6H2,(H5,13,14,15,16,17). The van der Waals surface area contributed by atoms with Crippen LogP contribution >= 0.6 is 0 Å². The van der Waals surface area contributed by atoms with Crippen LogP contribution in [0.4, 0.5) is 4.79 Å². The van der Waals surface area contributed by atoms with Gasteiger partial charge in [-0.25, -0.2) is 9.79 Å². The third-order valence-electron chi connectivity index (χ3n) is 4.61. The number of carbonyl (C=O) groups excluding carboxylic acids is 1. The van der Waals surface area contributed by atoms with Crippen LogP contribution in [-0.4, -0.2) is 17.5 Å². The number of primary amides is 1. The molecule has 0 aromatic heterocycles. The van der Waals surface area contributed by atoms with Crippen molar-refractivity contribution in [2.45, 2.75) is 44.1 Å². The van der Waals surface area contributed by atoms with Crippen molar-refractivity contribution >= 4 is 12.0 Å². The molecule has 4 fully saturated rings. The van der Waals surface area contributed by atoms with E-state index >= 15 is 0 Å². The van der Waals surface area contributed by atoms with Crippen LogP contribution in [0.25, 0.3) is 0 Å². The van der Waals surface area contributed by atoms with Crippen molar-refractivity contribution in [3.63, 3.8) is 0 Å². The summed E-state index contributed by atoms with van der Waals surface area (Å²) in [5, 5.41) is 2.38.